The van der Waals surface area contributed by atoms with Gasteiger partial charge in [0.05, 0.1) is 11.6 Å². The third-order valence-corrected chi connectivity index (χ3v) is 5.12. The fourth-order valence-corrected chi connectivity index (χ4v) is 3.49. The molecule has 0 atom stereocenters. The molecule has 3 heterocycles. The number of halogens is 2. The number of hydrogen-bond acceptors (Lipinski definition) is 6. The smallest absolute Gasteiger partial charge is 0.336 e. The first-order valence-corrected chi connectivity index (χ1v) is 8.71. The van der Waals surface area contributed by atoms with Gasteiger partial charge in [-0.05, 0) is 23.2 Å². The fourth-order valence-electron chi connectivity index (χ4n) is 3.10. The summed E-state index contributed by atoms with van der Waals surface area (Å²) in [7, 11) is 2.83. The van der Waals surface area contributed by atoms with Crippen LogP contribution >= 0.6 is 23.2 Å². The van der Waals surface area contributed by atoms with Gasteiger partial charge in [-0.2, -0.15) is 4.98 Å². The zero-order valence-corrected chi connectivity index (χ0v) is 16.1. The molecule has 4 rings (SSSR count). The van der Waals surface area contributed by atoms with Crippen molar-refractivity contribution in [3.8, 4) is 5.75 Å². The van der Waals surface area contributed by atoms with Crippen molar-refractivity contribution in [2.24, 2.45) is 14.1 Å². The zero-order valence-electron chi connectivity index (χ0n) is 14.6. The SMILES string of the molecule is Cn1c(=O)c2c(nc(Cl)n2Cc2cc(=O)oc3cc(O)c(Cl)cc23)n(C)c1=O. The molecule has 0 aliphatic carbocycles. The highest BCUT2D eigenvalue weighted by Crippen LogP contribution is 2.31. The van der Waals surface area contributed by atoms with Crippen LogP contribution in [0.2, 0.25) is 10.3 Å². The monoisotopic (exact) mass is 422 g/mol. The highest BCUT2D eigenvalue weighted by Gasteiger charge is 2.19. The highest BCUT2D eigenvalue weighted by molar-refractivity contribution is 6.32. The maximum absolute atomic E-state index is 12.7. The van der Waals surface area contributed by atoms with Gasteiger partial charge >= 0.3 is 11.3 Å². The van der Waals surface area contributed by atoms with Crippen LogP contribution in [0.15, 0.2) is 37.0 Å². The van der Waals surface area contributed by atoms with E-state index in [2.05, 4.69) is 4.98 Å². The lowest BCUT2D eigenvalue weighted by atomic mass is 10.1. The second kappa shape index (κ2) is 6.25. The summed E-state index contributed by atoms with van der Waals surface area (Å²) >= 11 is 12.2. The van der Waals surface area contributed by atoms with Crippen LogP contribution in [0.1, 0.15) is 5.56 Å². The molecule has 0 aliphatic rings. The second-order valence-electron chi connectivity index (χ2n) is 6.24. The van der Waals surface area contributed by atoms with Gasteiger partial charge in [0, 0.05) is 31.6 Å². The van der Waals surface area contributed by atoms with E-state index in [9.17, 15) is 19.5 Å². The molecule has 1 N–H and O–H groups in total. The number of fused-ring (bicyclic) bond motifs is 2. The summed E-state index contributed by atoms with van der Waals surface area (Å²) in [6, 6.07) is 3.93. The molecule has 1 aromatic carbocycles. The molecule has 0 bridgehead atoms. The molecule has 3 aromatic heterocycles. The average Bonchev–Trinajstić information content (AvgIpc) is 2.96. The van der Waals surface area contributed by atoms with Gasteiger partial charge in [-0.15, -0.1) is 0 Å². The maximum atomic E-state index is 12.7. The summed E-state index contributed by atoms with van der Waals surface area (Å²) in [6.45, 7) is -0.00796. The standard InChI is InChI=1S/C17H12Cl2N4O5/c1-21-14-13(15(26)22(2)17(21)27)23(16(19)20-14)6-7-3-12(25)28-11-5-10(24)9(18)4-8(7)11/h3-5,24H,6H2,1-2H3. The first-order valence-electron chi connectivity index (χ1n) is 7.96. The number of rotatable bonds is 2. The minimum atomic E-state index is -0.648. The highest BCUT2D eigenvalue weighted by atomic mass is 35.5. The number of hydrogen-bond donors (Lipinski definition) is 1. The molecular formula is C17H12Cl2N4O5. The normalized spacial score (nSPS) is 11.6. The van der Waals surface area contributed by atoms with Crippen molar-refractivity contribution in [3.63, 3.8) is 0 Å². The van der Waals surface area contributed by atoms with Crippen LogP contribution in [0, 0.1) is 0 Å². The van der Waals surface area contributed by atoms with Crippen LogP contribution in [0.5, 0.6) is 5.75 Å². The number of benzene rings is 1. The van der Waals surface area contributed by atoms with Gasteiger partial charge in [0.1, 0.15) is 11.3 Å². The van der Waals surface area contributed by atoms with Crippen molar-refractivity contribution in [1.29, 1.82) is 0 Å². The quantitative estimate of drug-likeness (QED) is 0.387. The summed E-state index contributed by atoms with van der Waals surface area (Å²) in [5.74, 6) is -0.232. The van der Waals surface area contributed by atoms with Gasteiger partial charge in [0.2, 0.25) is 5.28 Å². The lowest BCUT2D eigenvalue weighted by Crippen LogP contribution is -2.37. The Bertz CT molecular complexity index is 1460. The molecule has 0 aliphatic heterocycles. The number of phenolic OH excluding ortho intramolecular Hbond substituents is 1. The molecule has 0 amide bonds. The van der Waals surface area contributed by atoms with E-state index >= 15 is 0 Å². The van der Waals surface area contributed by atoms with Gasteiger partial charge in [0.25, 0.3) is 5.56 Å². The summed E-state index contributed by atoms with van der Waals surface area (Å²) in [6.07, 6.45) is 0. The van der Waals surface area contributed by atoms with Crippen LogP contribution in [0.3, 0.4) is 0 Å². The molecule has 11 heteroatoms. The Morgan fingerprint density at radius 1 is 1.11 bits per heavy atom. The van der Waals surface area contributed by atoms with E-state index < -0.39 is 16.9 Å². The van der Waals surface area contributed by atoms with Crippen molar-refractivity contribution >= 4 is 45.3 Å². The number of imidazole rings is 1. The van der Waals surface area contributed by atoms with E-state index in [1.807, 2.05) is 0 Å². The molecule has 28 heavy (non-hydrogen) atoms. The van der Waals surface area contributed by atoms with Crippen LogP contribution in [-0.2, 0) is 20.6 Å². The summed E-state index contributed by atoms with van der Waals surface area (Å²) < 4.78 is 8.67. The number of phenols is 1. The predicted molar refractivity (Wildman–Crippen MR) is 103 cm³/mol. The molecule has 0 unspecified atom stereocenters. The van der Waals surface area contributed by atoms with Gasteiger partial charge in [-0.1, -0.05) is 11.6 Å². The van der Waals surface area contributed by atoms with E-state index in [4.69, 9.17) is 27.6 Å². The number of aromatic nitrogens is 4. The first kappa shape index (κ1) is 18.3. The molecular weight excluding hydrogens is 411 g/mol. The lowest BCUT2D eigenvalue weighted by Gasteiger charge is -2.10. The third kappa shape index (κ3) is 2.62. The summed E-state index contributed by atoms with van der Waals surface area (Å²) in [5.41, 5.74) is -0.935. The molecule has 0 saturated heterocycles. The number of aromatic hydroxyl groups is 1. The van der Waals surface area contributed by atoms with E-state index in [1.165, 1.54) is 41.4 Å². The molecule has 0 spiro atoms. The Morgan fingerprint density at radius 2 is 1.82 bits per heavy atom. The Hall–Kier alpha value is -3.04. The average molecular weight is 423 g/mol. The van der Waals surface area contributed by atoms with Gasteiger partial charge in [-0.3, -0.25) is 13.9 Å². The van der Waals surface area contributed by atoms with Crippen LogP contribution < -0.4 is 16.9 Å². The Labute approximate surface area is 165 Å². The minimum absolute atomic E-state index is 0.00796. The minimum Gasteiger partial charge on any atom is -0.506 e. The van der Waals surface area contributed by atoms with Crippen LogP contribution in [0.25, 0.3) is 22.1 Å². The maximum Gasteiger partial charge on any atom is 0.336 e. The first-order chi connectivity index (χ1) is 13.2. The van der Waals surface area contributed by atoms with E-state index in [0.717, 1.165) is 4.57 Å². The van der Waals surface area contributed by atoms with Crippen molar-refractivity contribution in [2.45, 2.75) is 6.54 Å². The Balaban J connectivity index is 2.03. The van der Waals surface area contributed by atoms with E-state index in [-0.39, 0.29) is 39.3 Å². The number of nitrogens with zero attached hydrogens (tertiary/aromatic N) is 4. The predicted octanol–water partition coefficient (Wildman–Crippen LogP) is 1.60. The van der Waals surface area contributed by atoms with E-state index in [0.29, 0.717) is 10.9 Å². The van der Waals surface area contributed by atoms with Gasteiger partial charge in [0.15, 0.2) is 11.2 Å². The molecule has 9 nitrogen and oxygen atoms in total. The van der Waals surface area contributed by atoms with Crippen molar-refractivity contribution in [2.75, 3.05) is 0 Å². The van der Waals surface area contributed by atoms with Crippen molar-refractivity contribution < 1.29 is 9.52 Å². The van der Waals surface area contributed by atoms with E-state index in [1.54, 1.807) is 0 Å². The van der Waals surface area contributed by atoms with Crippen molar-refractivity contribution in [3.05, 3.63) is 65.3 Å². The van der Waals surface area contributed by atoms with Crippen LogP contribution in [0.4, 0.5) is 0 Å². The van der Waals surface area contributed by atoms with Gasteiger partial charge in [-0.25, -0.2) is 9.59 Å². The molecule has 4 aromatic rings. The topological polar surface area (TPSA) is 112 Å². The molecule has 0 radical (unpaired) electrons. The fraction of sp³-hybridized carbons (Fsp3) is 0.176. The molecule has 0 fully saturated rings. The molecule has 144 valence electrons. The van der Waals surface area contributed by atoms with Crippen LogP contribution in [-0.4, -0.2) is 23.8 Å². The summed E-state index contributed by atoms with van der Waals surface area (Å²) in [4.78, 5) is 40.8. The van der Waals surface area contributed by atoms with Gasteiger partial charge < -0.3 is 14.1 Å². The largest absolute Gasteiger partial charge is 0.506 e. The third-order valence-electron chi connectivity index (χ3n) is 4.53. The Kier molecular flexibility index (Phi) is 4.09. The Morgan fingerprint density at radius 3 is 2.54 bits per heavy atom. The summed E-state index contributed by atoms with van der Waals surface area (Å²) in [5, 5.41) is 10.3. The number of aryl methyl sites for hydroxylation is 1. The second-order valence-corrected chi connectivity index (χ2v) is 6.98. The van der Waals surface area contributed by atoms with Crippen molar-refractivity contribution in [1.82, 2.24) is 18.7 Å². The zero-order chi connectivity index (χ0) is 20.3. The molecule has 0 saturated carbocycles. The lowest BCUT2D eigenvalue weighted by molar-refractivity contribution is 0.473.